The van der Waals surface area contributed by atoms with Gasteiger partial charge < -0.3 is 26.5 Å². The lowest BCUT2D eigenvalue weighted by atomic mass is 9.83. The first-order valence-electron chi connectivity index (χ1n) is 5.87. The molecule has 1 aromatic rings. The van der Waals surface area contributed by atoms with Gasteiger partial charge in [-0.05, 0) is 18.9 Å². The van der Waals surface area contributed by atoms with Crippen LogP contribution in [0.2, 0.25) is 0 Å². The summed E-state index contributed by atoms with van der Waals surface area (Å²) in [5.41, 5.74) is 13.4. The van der Waals surface area contributed by atoms with Gasteiger partial charge >= 0.3 is 0 Å². The number of fused-ring (bicyclic) bond motifs is 1. The Morgan fingerprint density at radius 2 is 2.18 bits per heavy atom. The van der Waals surface area contributed by atoms with Crippen molar-refractivity contribution in [2.45, 2.75) is 18.5 Å². The number of ether oxygens (including phenoxy) is 1. The summed E-state index contributed by atoms with van der Waals surface area (Å²) in [5, 5.41) is 3.02. The summed E-state index contributed by atoms with van der Waals surface area (Å²) in [7, 11) is 0. The maximum atomic E-state index is 6.49. The maximum Gasteiger partial charge on any atom is 0.195 e. The highest BCUT2D eigenvalue weighted by Gasteiger charge is 2.42. The van der Waals surface area contributed by atoms with E-state index in [4.69, 9.17) is 16.2 Å². The summed E-state index contributed by atoms with van der Waals surface area (Å²) in [5.74, 6) is 0.639. The van der Waals surface area contributed by atoms with Crippen molar-refractivity contribution < 1.29 is 4.74 Å². The fourth-order valence-corrected chi connectivity index (χ4v) is 2.66. The molecule has 0 bridgehead atoms. The van der Waals surface area contributed by atoms with Gasteiger partial charge in [0.25, 0.3) is 0 Å². The minimum atomic E-state index is -0.752. The van der Waals surface area contributed by atoms with Gasteiger partial charge in [0.1, 0.15) is 0 Å². The Labute approximate surface area is 99.4 Å². The van der Waals surface area contributed by atoms with Crippen molar-refractivity contribution in [3.8, 4) is 0 Å². The van der Waals surface area contributed by atoms with E-state index in [0.717, 1.165) is 37.4 Å². The molecule has 2 aliphatic rings. The molecule has 92 valence electrons. The molecule has 17 heavy (non-hydrogen) atoms. The predicted octanol–water partition coefficient (Wildman–Crippen LogP) is 0.293. The van der Waals surface area contributed by atoms with Gasteiger partial charge in [0.15, 0.2) is 11.6 Å². The number of guanidine groups is 1. The van der Waals surface area contributed by atoms with Crippen LogP contribution in [0.25, 0.3) is 0 Å². The second-order valence-corrected chi connectivity index (χ2v) is 4.60. The minimum Gasteiger partial charge on any atom is -0.381 e. The van der Waals surface area contributed by atoms with Crippen molar-refractivity contribution in [3.63, 3.8) is 0 Å². The first kappa shape index (κ1) is 10.6. The number of rotatable bonds is 1. The number of aromatic amines is 1. The van der Waals surface area contributed by atoms with E-state index in [1.807, 2.05) is 12.3 Å². The van der Waals surface area contributed by atoms with Gasteiger partial charge in [0, 0.05) is 25.3 Å². The van der Waals surface area contributed by atoms with Crippen molar-refractivity contribution in [3.05, 3.63) is 18.0 Å². The zero-order valence-corrected chi connectivity index (χ0v) is 9.57. The molecule has 1 aromatic heterocycles. The molecular weight excluding hydrogens is 218 g/mol. The second kappa shape index (κ2) is 3.75. The molecule has 6 heteroatoms. The third-order valence-corrected chi connectivity index (χ3v) is 3.56. The summed E-state index contributed by atoms with van der Waals surface area (Å²) in [6, 6.07) is 1.93. The largest absolute Gasteiger partial charge is 0.381 e. The fraction of sp³-hybridized carbons (Fsp3) is 0.545. The second-order valence-electron chi connectivity index (χ2n) is 4.60. The molecule has 0 radical (unpaired) electrons. The summed E-state index contributed by atoms with van der Waals surface area (Å²) in [4.78, 5) is 7.60. The molecule has 0 aliphatic carbocycles. The Balaban J connectivity index is 2.01. The number of aliphatic imine (C=N–C) groups is 1. The molecule has 1 fully saturated rings. The smallest absolute Gasteiger partial charge is 0.195 e. The standard InChI is InChI=1S/C11H17N5O/c12-10-15-8-1-4-14-9(8)11(13,16-10)7-2-5-17-6-3-7/h1,4,7,14H,2-3,5-6,13H2,(H3,12,15,16). The molecule has 6 N–H and O–H groups in total. The first-order chi connectivity index (χ1) is 8.20. The molecule has 2 aliphatic heterocycles. The van der Waals surface area contributed by atoms with E-state index in [1.54, 1.807) is 0 Å². The molecule has 3 heterocycles. The summed E-state index contributed by atoms with van der Waals surface area (Å²) in [6.45, 7) is 1.48. The molecular formula is C11H17N5O. The van der Waals surface area contributed by atoms with Gasteiger partial charge in [-0.15, -0.1) is 0 Å². The van der Waals surface area contributed by atoms with Crippen molar-refractivity contribution in [1.29, 1.82) is 0 Å². The highest BCUT2D eigenvalue weighted by molar-refractivity contribution is 5.95. The van der Waals surface area contributed by atoms with Crippen LogP contribution >= 0.6 is 0 Å². The molecule has 3 rings (SSSR count). The fourth-order valence-electron chi connectivity index (χ4n) is 2.66. The minimum absolute atomic E-state index is 0.259. The topological polar surface area (TPSA) is 101 Å². The van der Waals surface area contributed by atoms with E-state index in [9.17, 15) is 0 Å². The molecule has 1 unspecified atom stereocenters. The van der Waals surface area contributed by atoms with Gasteiger partial charge in [-0.1, -0.05) is 0 Å². The maximum absolute atomic E-state index is 6.49. The van der Waals surface area contributed by atoms with Crippen LogP contribution < -0.4 is 16.8 Å². The van der Waals surface area contributed by atoms with Gasteiger partial charge in [0.05, 0.1) is 11.4 Å². The normalized spacial score (nSPS) is 29.4. The highest BCUT2D eigenvalue weighted by Crippen LogP contribution is 2.39. The van der Waals surface area contributed by atoms with Crippen molar-refractivity contribution in [1.82, 2.24) is 4.98 Å². The number of hydrogen-bond donors (Lipinski definition) is 4. The van der Waals surface area contributed by atoms with Crippen molar-refractivity contribution in [2.75, 3.05) is 18.5 Å². The molecule has 0 saturated carbocycles. The van der Waals surface area contributed by atoms with Crippen LogP contribution in [0.1, 0.15) is 18.5 Å². The quantitative estimate of drug-likeness (QED) is 0.562. The SMILES string of the molecule is NC1=NC(N)(C2CCOCC2)c2[nH]ccc2N1. The number of aromatic nitrogens is 1. The Hall–Kier alpha value is -1.53. The number of nitrogens with zero attached hydrogens (tertiary/aromatic N) is 1. The van der Waals surface area contributed by atoms with E-state index < -0.39 is 5.66 Å². The lowest BCUT2D eigenvalue weighted by molar-refractivity contribution is 0.0381. The van der Waals surface area contributed by atoms with E-state index >= 15 is 0 Å². The van der Waals surface area contributed by atoms with Gasteiger partial charge in [0.2, 0.25) is 0 Å². The Kier molecular flexibility index (Phi) is 2.34. The van der Waals surface area contributed by atoms with Crippen LogP contribution in [0, 0.1) is 5.92 Å². The first-order valence-corrected chi connectivity index (χ1v) is 5.87. The molecule has 6 nitrogen and oxygen atoms in total. The third-order valence-electron chi connectivity index (χ3n) is 3.56. The summed E-state index contributed by atoms with van der Waals surface area (Å²) in [6.07, 6.45) is 3.67. The van der Waals surface area contributed by atoms with Crippen molar-refractivity contribution in [2.24, 2.45) is 22.4 Å². The van der Waals surface area contributed by atoms with Crippen LogP contribution in [0.15, 0.2) is 17.3 Å². The van der Waals surface area contributed by atoms with Crippen LogP contribution in [-0.2, 0) is 10.4 Å². The number of anilines is 1. The Morgan fingerprint density at radius 3 is 2.94 bits per heavy atom. The lowest BCUT2D eigenvalue weighted by Gasteiger charge is -2.38. The zero-order valence-electron chi connectivity index (χ0n) is 9.57. The monoisotopic (exact) mass is 235 g/mol. The van der Waals surface area contributed by atoms with E-state index in [1.165, 1.54) is 0 Å². The number of nitrogens with one attached hydrogen (secondary N) is 2. The van der Waals surface area contributed by atoms with Crippen LogP contribution in [0.5, 0.6) is 0 Å². The predicted molar refractivity (Wildman–Crippen MR) is 65.4 cm³/mol. The van der Waals surface area contributed by atoms with E-state index in [2.05, 4.69) is 15.3 Å². The Morgan fingerprint density at radius 1 is 1.41 bits per heavy atom. The number of nitrogens with two attached hydrogens (primary N) is 2. The average Bonchev–Trinajstić information content (AvgIpc) is 2.79. The molecule has 0 aromatic carbocycles. The van der Waals surface area contributed by atoms with Crippen LogP contribution in [-0.4, -0.2) is 24.2 Å². The summed E-state index contributed by atoms with van der Waals surface area (Å²) >= 11 is 0. The lowest BCUT2D eigenvalue weighted by Crippen LogP contribution is -2.50. The van der Waals surface area contributed by atoms with Gasteiger partial charge in [-0.3, -0.25) is 0 Å². The zero-order chi connectivity index (χ0) is 11.9. The number of H-pyrrole nitrogens is 1. The van der Waals surface area contributed by atoms with Crippen LogP contribution in [0.4, 0.5) is 5.69 Å². The highest BCUT2D eigenvalue weighted by atomic mass is 16.5. The number of hydrogen-bond acceptors (Lipinski definition) is 5. The van der Waals surface area contributed by atoms with Gasteiger partial charge in [-0.25, -0.2) is 4.99 Å². The van der Waals surface area contributed by atoms with E-state index in [0.29, 0.717) is 5.96 Å². The molecule has 0 spiro atoms. The van der Waals surface area contributed by atoms with E-state index in [-0.39, 0.29) is 5.92 Å². The Bertz CT molecular complexity index is 448. The molecule has 1 saturated heterocycles. The third kappa shape index (κ3) is 1.60. The molecule has 0 amide bonds. The van der Waals surface area contributed by atoms with Crippen molar-refractivity contribution >= 4 is 11.6 Å². The molecule has 1 atom stereocenters. The van der Waals surface area contributed by atoms with Crippen LogP contribution in [0.3, 0.4) is 0 Å². The van der Waals surface area contributed by atoms with Gasteiger partial charge in [-0.2, -0.15) is 0 Å². The summed E-state index contributed by atoms with van der Waals surface area (Å²) < 4.78 is 5.37. The average molecular weight is 235 g/mol.